The van der Waals surface area contributed by atoms with Crippen LogP contribution in [0.5, 0.6) is 0 Å². The van der Waals surface area contributed by atoms with Gasteiger partial charge in [-0.3, -0.25) is 15.2 Å². The van der Waals surface area contributed by atoms with Crippen LogP contribution in [0.2, 0.25) is 0 Å². The second-order valence-corrected chi connectivity index (χ2v) is 10.1. The molecule has 0 spiro atoms. The molecule has 0 radical (unpaired) electrons. The van der Waals surface area contributed by atoms with Gasteiger partial charge in [0.1, 0.15) is 6.04 Å². The predicted octanol–water partition coefficient (Wildman–Crippen LogP) is 3.59. The molecular formula is C31H39N5O6. The van der Waals surface area contributed by atoms with E-state index >= 15 is 0 Å². The molecule has 2 aromatic carbocycles. The molecular weight excluding hydrogens is 538 g/mol. The Balaban J connectivity index is 1.84. The van der Waals surface area contributed by atoms with Crippen molar-refractivity contribution in [1.29, 1.82) is 0 Å². The molecule has 5 N–H and O–H groups in total. The summed E-state index contributed by atoms with van der Waals surface area (Å²) in [6.07, 6.45) is -0.620. The molecule has 0 saturated heterocycles. The molecule has 1 heterocycles. The van der Waals surface area contributed by atoms with Crippen LogP contribution in [0.4, 0.5) is 9.59 Å². The molecule has 42 heavy (non-hydrogen) atoms. The van der Waals surface area contributed by atoms with Gasteiger partial charge in [0.2, 0.25) is 0 Å². The van der Waals surface area contributed by atoms with Gasteiger partial charge in [-0.05, 0) is 35.6 Å². The Labute approximate surface area is 245 Å². The van der Waals surface area contributed by atoms with E-state index in [-0.39, 0.29) is 25.4 Å². The lowest BCUT2D eigenvalue weighted by molar-refractivity contribution is -0.130. The van der Waals surface area contributed by atoms with Crippen molar-refractivity contribution in [3.63, 3.8) is 0 Å². The van der Waals surface area contributed by atoms with Crippen LogP contribution in [-0.4, -0.2) is 70.1 Å². The minimum atomic E-state index is -1.27. The Morgan fingerprint density at radius 3 is 2.24 bits per heavy atom. The van der Waals surface area contributed by atoms with Crippen molar-refractivity contribution in [1.82, 2.24) is 26.1 Å². The number of aliphatic hydroxyl groups excluding tert-OH is 1. The highest BCUT2D eigenvalue weighted by atomic mass is 16.5. The Kier molecular flexibility index (Phi) is 12.3. The van der Waals surface area contributed by atoms with Crippen LogP contribution >= 0.6 is 0 Å². The highest BCUT2D eigenvalue weighted by Crippen LogP contribution is 2.18. The van der Waals surface area contributed by atoms with E-state index in [2.05, 4.69) is 21.0 Å². The van der Waals surface area contributed by atoms with Crippen molar-refractivity contribution in [2.24, 2.45) is 5.92 Å². The molecule has 1 aromatic heterocycles. The van der Waals surface area contributed by atoms with Crippen LogP contribution in [0.3, 0.4) is 0 Å². The van der Waals surface area contributed by atoms with Crippen LogP contribution < -0.4 is 16.1 Å². The second-order valence-electron chi connectivity index (χ2n) is 10.1. The number of carbonyl (C=O) groups is 3. The van der Waals surface area contributed by atoms with Gasteiger partial charge in [-0.2, -0.15) is 0 Å². The zero-order valence-electron chi connectivity index (χ0n) is 24.1. The number of benzene rings is 2. The lowest BCUT2D eigenvalue weighted by Gasteiger charge is -2.32. The number of rotatable bonds is 14. The molecule has 11 heteroatoms. The zero-order chi connectivity index (χ0) is 30.5. The number of methoxy groups -OCH3 is 1. The highest BCUT2D eigenvalue weighted by molar-refractivity contribution is 5.85. The van der Waals surface area contributed by atoms with E-state index in [1.807, 2.05) is 86.6 Å². The quantitative estimate of drug-likeness (QED) is 0.182. The van der Waals surface area contributed by atoms with Gasteiger partial charge in [0.25, 0.3) is 5.91 Å². The number of aliphatic hydroxyl groups is 1. The van der Waals surface area contributed by atoms with Crippen molar-refractivity contribution < 1.29 is 29.3 Å². The zero-order valence-corrected chi connectivity index (χ0v) is 24.1. The Morgan fingerprint density at radius 1 is 0.952 bits per heavy atom. The lowest BCUT2D eigenvalue weighted by atomic mass is 9.98. The maximum absolute atomic E-state index is 13.4. The van der Waals surface area contributed by atoms with Gasteiger partial charge in [0.05, 0.1) is 24.9 Å². The normalized spacial score (nSPS) is 13.8. The summed E-state index contributed by atoms with van der Waals surface area (Å²) < 4.78 is 4.71. The molecule has 4 atom stereocenters. The van der Waals surface area contributed by atoms with E-state index in [9.17, 15) is 24.6 Å². The summed E-state index contributed by atoms with van der Waals surface area (Å²) in [6.45, 7) is 3.83. The van der Waals surface area contributed by atoms with Gasteiger partial charge < -0.3 is 25.6 Å². The smallest absolute Gasteiger partial charge is 0.407 e. The first kappa shape index (κ1) is 32.0. The van der Waals surface area contributed by atoms with Crippen molar-refractivity contribution in [3.05, 3.63) is 90.1 Å². The Hall–Kier alpha value is -4.48. The summed E-state index contributed by atoms with van der Waals surface area (Å²) in [5.41, 5.74) is 6.24. The third-order valence-corrected chi connectivity index (χ3v) is 6.99. The van der Waals surface area contributed by atoms with Gasteiger partial charge in [-0.1, -0.05) is 80.9 Å². The number of nitrogens with zero attached hydrogens (tertiary/aromatic N) is 2. The SMILES string of the molecule is CC[C@H](C)[C@H](NC(=O)OC)C(=O)NN(Cc1ccc(-c2ccccn2)cc1)C[C@@H](O)[C@H](Cc1ccccc1)NC(=O)O. The number of carbonyl (C=O) groups excluding carboxylic acids is 2. The van der Waals surface area contributed by atoms with Crippen LogP contribution in [-0.2, 0) is 22.5 Å². The van der Waals surface area contributed by atoms with Gasteiger partial charge >= 0.3 is 12.2 Å². The average molecular weight is 578 g/mol. The number of alkyl carbamates (subject to hydrolysis) is 1. The summed E-state index contributed by atoms with van der Waals surface area (Å²) in [5, 5.41) is 27.2. The molecule has 0 saturated carbocycles. The first-order valence-electron chi connectivity index (χ1n) is 13.8. The highest BCUT2D eigenvalue weighted by Gasteiger charge is 2.30. The van der Waals surface area contributed by atoms with E-state index in [0.29, 0.717) is 6.42 Å². The summed E-state index contributed by atoms with van der Waals surface area (Å²) in [6, 6.07) is 20.7. The van der Waals surface area contributed by atoms with Crippen molar-refractivity contribution in [3.8, 4) is 11.3 Å². The molecule has 0 aliphatic rings. The maximum atomic E-state index is 13.4. The molecule has 0 fully saturated rings. The molecule has 3 rings (SSSR count). The maximum Gasteiger partial charge on any atom is 0.407 e. The molecule has 0 bridgehead atoms. The topological polar surface area (TPSA) is 153 Å². The first-order chi connectivity index (χ1) is 20.2. The lowest BCUT2D eigenvalue weighted by Crippen LogP contribution is -2.57. The van der Waals surface area contributed by atoms with Crippen LogP contribution in [0.1, 0.15) is 31.4 Å². The number of hydrazine groups is 1. The Morgan fingerprint density at radius 2 is 1.64 bits per heavy atom. The number of carboxylic acid groups (broad SMARTS) is 1. The average Bonchev–Trinajstić information content (AvgIpc) is 3.00. The molecule has 0 aliphatic carbocycles. The second kappa shape index (κ2) is 16.1. The fourth-order valence-electron chi connectivity index (χ4n) is 4.46. The number of amides is 3. The number of nitrogens with one attached hydrogen (secondary N) is 3. The fraction of sp³-hybridized carbons (Fsp3) is 0.355. The van der Waals surface area contributed by atoms with Gasteiger partial charge in [-0.25, -0.2) is 14.6 Å². The van der Waals surface area contributed by atoms with Gasteiger partial charge in [0, 0.05) is 24.8 Å². The first-order valence-corrected chi connectivity index (χ1v) is 13.8. The largest absolute Gasteiger partial charge is 0.465 e. The number of ether oxygens (including phenoxy) is 1. The summed E-state index contributed by atoms with van der Waals surface area (Å²) >= 11 is 0. The molecule has 0 unspecified atom stereocenters. The third-order valence-electron chi connectivity index (χ3n) is 6.99. The van der Waals surface area contributed by atoms with Gasteiger partial charge in [0.15, 0.2) is 0 Å². The molecule has 11 nitrogen and oxygen atoms in total. The summed E-state index contributed by atoms with van der Waals surface area (Å²) in [7, 11) is 1.22. The standard InChI is InChI=1S/C31H39N5O6/c1-4-21(2)28(34-31(41)42-3)29(38)35-36(19-23-13-15-24(16-14-23)25-12-8-9-17-32-25)20-27(37)26(33-30(39)40)18-22-10-6-5-7-11-22/h5-17,21,26-28,33,37H,4,18-20H2,1-3H3,(H,34,41)(H,35,38)(H,39,40)/t21-,26-,27+,28-/m0/s1. The summed E-state index contributed by atoms with van der Waals surface area (Å²) in [4.78, 5) is 41.4. The molecule has 0 aliphatic heterocycles. The predicted molar refractivity (Wildman–Crippen MR) is 158 cm³/mol. The third kappa shape index (κ3) is 9.86. The van der Waals surface area contributed by atoms with Crippen molar-refractivity contribution in [2.75, 3.05) is 13.7 Å². The number of hydrogen-bond acceptors (Lipinski definition) is 7. The summed E-state index contributed by atoms with van der Waals surface area (Å²) in [5.74, 6) is -0.703. The molecule has 3 amide bonds. The van der Waals surface area contributed by atoms with Crippen molar-refractivity contribution in [2.45, 2.75) is 51.4 Å². The van der Waals surface area contributed by atoms with E-state index in [0.717, 1.165) is 22.4 Å². The van der Waals surface area contributed by atoms with Crippen LogP contribution in [0.25, 0.3) is 11.3 Å². The van der Waals surface area contributed by atoms with Crippen LogP contribution in [0, 0.1) is 5.92 Å². The van der Waals surface area contributed by atoms with E-state index in [1.54, 1.807) is 6.20 Å². The minimum Gasteiger partial charge on any atom is -0.465 e. The van der Waals surface area contributed by atoms with E-state index in [1.165, 1.54) is 12.1 Å². The number of hydrogen-bond donors (Lipinski definition) is 5. The Bertz CT molecular complexity index is 1280. The molecule has 3 aromatic rings. The fourth-order valence-corrected chi connectivity index (χ4v) is 4.46. The van der Waals surface area contributed by atoms with E-state index in [4.69, 9.17) is 4.74 Å². The van der Waals surface area contributed by atoms with Crippen molar-refractivity contribution >= 4 is 18.1 Å². The minimum absolute atomic E-state index is 0.100. The monoisotopic (exact) mass is 577 g/mol. The van der Waals surface area contributed by atoms with Gasteiger partial charge in [-0.15, -0.1) is 0 Å². The number of pyridine rings is 1. The molecule has 224 valence electrons. The number of aromatic nitrogens is 1. The van der Waals surface area contributed by atoms with E-state index < -0.39 is 36.3 Å². The van der Waals surface area contributed by atoms with Crippen LogP contribution in [0.15, 0.2) is 79.0 Å².